The Morgan fingerprint density at radius 2 is 1.69 bits per heavy atom. The van der Waals surface area contributed by atoms with Crippen LogP contribution in [-0.4, -0.2) is 47.0 Å². The number of benzene rings is 2. The lowest BCUT2D eigenvalue weighted by Gasteiger charge is -2.34. The maximum Gasteiger partial charge on any atom is 0.417 e. The Balaban J connectivity index is 1.64. The lowest BCUT2D eigenvalue weighted by atomic mass is 10.0. The maximum atomic E-state index is 14.1. The van der Waals surface area contributed by atoms with Gasteiger partial charge in [-0.15, -0.1) is 0 Å². The molecule has 9 heteroatoms. The molecular formula is C26H27F3N4OS. The Morgan fingerprint density at radius 1 is 0.971 bits per heavy atom. The highest BCUT2D eigenvalue weighted by atomic mass is 32.2. The largest absolute Gasteiger partial charge is 0.417 e. The summed E-state index contributed by atoms with van der Waals surface area (Å²) in [4.78, 5) is 24.9. The molecule has 4 rings (SSSR count). The summed E-state index contributed by atoms with van der Waals surface area (Å²) in [6.07, 6.45) is -3.14. The van der Waals surface area contributed by atoms with Crippen molar-refractivity contribution < 1.29 is 18.0 Å². The minimum Gasteiger partial charge on any atom is -0.353 e. The average molecular weight is 501 g/mol. The number of alkyl halides is 3. The molecule has 0 atom stereocenters. The van der Waals surface area contributed by atoms with Crippen molar-refractivity contribution in [2.45, 2.75) is 42.7 Å². The second kappa shape index (κ2) is 10.3. The number of amides is 1. The van der Waals surface area contributed by atoms with Crippen molar-refractivity contribution in [2.75, 3.05) is 31.1 Å². The molecule has 1 aliphatic rings. The molecule has 1 aliphatic heterocycles. The van der Waals surface area contributed by atoms with Gasteiger partial charge in [0.05, 0.1) is 11.3 Å². The fourth-order valence-corrected chi connectivity index (χ4v) is 5.32. The Morgan fingerprint density at radius 3 is 2.34 bits per heavy atom. The Labute approximate surface area is 207 Å². The fourth-order valence-electron chi connectivity index (χ4n) is 4.10. The summed E-state index contributed by atoms with van der Waals surface area (Å²) >= 11 is 1.14. The van der Waals surface area contributed by atoms with E-state index in [4.69, 9.17) is 0 Å². The second-order valence-corrected chi connectivity index (χ2v) is 9.84. The SMILES string of the molecule is CC(=O)N1CCN(c2cc(-c3ccc(Sc4ccccc4C(C)C)c(C(F)(F)F)c3)ncn2)CC1. The number of halogens is 3. The van der Waals surface area contributed by atoms with Crippen LogP contribution < -0.4 is 4.90 Å². The van der Waals surface area contributed by atoms with Crippen LogP contribution in [0.2, 0.25) is 0 Å². The van der Waals surface area contributed by atoms with Crippen molar-refractivity contribution in [1.29, 1.82) is 0 Å². The van der Waals surface area contributed by atoms with E-state index in [1.54, 1.807) is 24.0 Å². The molecule has 0 N–H and O–H groups in total. The highest BCUT2D eigenvalue weighted by Gasteiger charge is 2.34. The third-order valence-electron chi connectivity index (χ3n) is 6.04. The number of carbonyl (C=O) groups is 1. The number of nitrogens with zero attached hydrogens (tertiary/aromatic N) is 4. The summed E-state index contributed by atoms with van der Waals surface area (Å²) in [5.41, 5.74) is 1.13. The third-order valence-corrected chi connectivity index (χ3v) is 7.21. The molecule has 0 spiro atoms. The third kappa shape index (κ3) is 5.78. The van der Waals surface area contributed by atoms with Gasteiger partial charge in [0.2, 0.25) is 5.91 Å². The van der Waals surface area contributed by atoms with Gasteiger partial charge in [0.25, 0.3) is 0 Å². The molecule has 5 nitrogen and oxygen atoms in total. The first kappa shape index (κ1) is 25.0. The lowest BCUT2D eigenvalue weighted by Crippen LogP contribution is -2.48. The highest BCUT2D eigenvalue weighted by molar-refractivity contribution is 7.99. The molecule has 3 aromatic rings. The van der Waals surface area contributed by atoms with Crippen LogP contribution in [0.4, 0.5) is 19.0 Å². The van der Waals surface area contributed by atoms with Gasteiger partial charge in [0, 0.05) is 54.5 Å². The predicted octanol–water partition coefficient (Wildman–Crippen LogP) is 6.11. The van der Waals surface area contributed by atoms with Gasteiger partial charge >= 0.3 is 6.18 Å². The van der Waals surface area contributed by atoms with E-state index in [-0.39, 0.29) is 16.7 Å². The molecule has 1 fully saturated rings. The van der Waals surface area contributed by atoms with Crippen LogP contribution in [-0.2, 0) is 11.0 Å². The van der Waals surface area contributed by atoms with Crippen LogP contribution >= 0.6 is 11.8 Å². The van der Waals surface area contributed by atoms with E-state index in [2.05, 4.69) is 9.97 Å². The van der Waals surface area contributed by atoms with Crippen molar-refractivity contribution >= 4 is 23.5 Å². The maximum absolute atomic E-state index is 14.1. The average Bonchev–Trinajstić information content (AvgIpc) is 2.84. The van der Waals surface area contributed by atoms with E-state index in [9.17, 15) is 18.0 Å². The number of anilines is 1. The molecule has 35 heavy (non-hydrogen) atoms. The molecule has 2 heterocycles. The zero-order chi connectivity index (χ0) is 25.2. The molecule has 0 saturated carbocycles. The molecule has 1 amide bonds. The van der Waals surface area contributed by atoms with E-state index in [0.29, 0.717) is 43.3 Å². The zero-order valence-electron chi connectivity index (χ0n) is 19.8. The Bertz CT molecular complexity index is 1210. The smallest absolute Gasteiger partial charge is 0.353 e. The van der Waals surface area contributed by atoms with Crippen LogP contribution in [0.25, 0.3) is 11.3 Å². The van der Waals surface area contributed by atoms with E-state index in [1.165, 1.54) is 18.5 Å². The molecular weight excluding hydrogens is 473 g/mol. The van der Waals surface area contributed by atoms with Gasteiger partial charge in [-0.1, -0.05) is 49.9 Å². The zero-order valence-corrected chi connectivity index (χ0v) is 20.7. The minimum atomic E-state index is -4.51. The Hall–Kier alpha value is -3.07. The first-order valence-corrected chi connectivity index (χ1v) is 12.3. The number of piperazine rings is 1. The van der Waals surface area contributed by atoms with E-state index in [0.717, 1.165) is 22.2 Å². The van der Waals surface area contributed by atoms with Crippen LogP contribution in [0.15, 0.2) is 64.6 Å². The van der Waals surface area contributed by atoms with Gasteiger partial charge < -0.3 is 9.80 Å². The van der Waals surface area contributed by atoms with E-state index in [1.807, 2.05) is 43.0 Å². The van der Waals surface area contributed by atoms with Gasteiger partial charge in [0.15, 0.2) is 0 Å². The van der Waals surface area contributed by atoms with E-state index < -0.39 is 11.7 Å². The van der Waals surface area contributed by atoms with Crippen LogP contribution in [0.1, 0.15) is 37.8 Å². The quantitative estimate of drug-likeness (QED) is 0.423. The molecule has 0 aliphatic carbocycles. The highest BCUT2D eigenvalue weighted by Crippen LogP contribution is 2.43. The molecule has 184 valence electrons. The van der Waals surface area contributed by atoms with Crippen molar-refractivity contribution in [1.82, 2.24) is 14.9 Å². The predicted molar refractivity (Wildman–Crippen MR) is 132 cm³/mol. The first-order chi connectivity index (χ1) is 16.6. The summed E-state index contributed by atoms with van der Waals surface area (Å²) < 4.78 is 42.3. The molecule has 0 radical (unpaired) electrons. The van der Waals surface area contributed by atoms with Gasteiger partial charge in [-0.05, 0) is 29.7 Å². The van der Waals surface area contributed by atoms with Crippen molar-refractivity contribution in [3.8, 4) is 11.3 Å². The monoisotopic (exact) mass is 500 g/mol. The summed E-state index contributed by atoms with van der Waals surface area (Å²) in [6, 6.07) is 13.6. The van der Waals surface area contributed by atoms with Gasteiger partial charge in [0.1, 0.15) is 12.1 Å². The van der Waals surface area contributed by atoms with Crippen LogP contribution in [0.3, 0.4) is 0 Å². The normalized spacial score (nSPS) is 14.5. The van der Waals surface area contributed by atoms with Crippen molar-refractivity contribution in [3.63, 3.8) is 0 Å². The summed E-state index contributed by atoms with van der Waals surface area (Å²) in [6.45, 7) is 7.97. The number of rotatable bonds is 5. The number of carbonyl (C=O) groups excluding carboxylic acids is 1. The minimum absolute atomic E-state index is 0.0293. The summed E-state index contributed by atoms with van der Waals surface area (Å²) in [7, 11) is 0. The molecule has 0 bridgehead atoms. The number of aromatic nitrogens is 2. The Kier molecular flexibility index (Phi) is 7.35. The van der Waals surface area contributed by atoms with Crippen molar-refractivity contribution in [2.24, 2.45) is 0 Å². The summed E-state index contributed by atoms with van der Waals surface area (Å²) in [5.74, 6) is 0.863. The first-order valence-electron chi connectivity index (χ1n) is 11.4. The molecule has 0 unspecified atom stereocenters. The van der Waals surface area contributed by atoms with E-state index >= 15 is 0 Å². The van der Waals surface area contributed by atoms with Gasteiger partial charge in [-0.25, -0.2) is 9.97 Å². The molecule has 1 aromatic heterocycles. The fraction of sp³-hybridized carbons (Fsp3) is 0.346. The van der Waals surface area contributed by atoms with Crippen molar-refractivity contribution in [3.05, 3.63) is 66.0 Å². The molecule has 1 saturated heterocycles. The molecule has 2 aromatic carbocycles. The standard InChI is InChI=1S/C26H27F3N4OS/c1-17(2)20-6-4-5-7-23(20)35-24-9-8-19(14-21(24)26(27,28)29)22-15-25(31-16-30-22)33-12-10-32(11-13-33)18(3)34/h4-9,14-17H,10-13H2,1-3H3. The second-order valence-electron chi connectivity index (χ2n) is 8.76. The van der Waals surface area contributed by atoms with Crippen LogP contribution in [0, 0.1) is 0 Å². The topological polar surface area (TPSA) is 49.3 Å². The lowest BCUT2D eigenvalue weighted by molar-refractivity contribution is -0.139. The van der Waals surface area contributed by atoms with Gasteiger partial charge in [-0.2, -0.15) is 13.2 Å². The van der Waals surface area contributed by atoms with Crippen LogP contribution in [0.5, 0.6) is 0 Å². The number of hydrogen-bond acceptors (Lipinski definition) is 5. The summed E-state index contributed by atoms with van der Waals surface area (Å²) in [5, 5.41) is 0. The van der Waals surface area contributed by atoms with Gasteiger partial charge in [-0.3, -0.25) is 4.79 Å². The number of hydrogen-bond donors (Lipinski definition) is 0.